The first kappa shape index (κ1) is 21.2. The number of nitrogens with one attached hydrogen (secondary N) is 1. The molecule has 1 aliphatic heterocycles. The summed E-state index contributed by atoms with van der Waals surface area (Å²) >= 11 is 0. The number of anilines is 1. The summed E-state index contributed by atoms with van der Waals surface area (Å²) in [5, 5.41) is 2.11. The molecule has 31 heavy (non-hydrogen) atoms. The Kier molecular flexibility index (Phi) is 6.10. The van der Waals surface area contributed by atoms with Crippen molar-refractivity contribution in [3.8, 4) is 5.75 Å². The maximum absolute atomic E-state index is 12.9. The Hall–Kier alpha value is -4.47. The molecule has 0 spiro atoms. The van der Waals surface area contributed by atoms with Crippen molar-refractivity contribution in [2.24, 2.45) is 5.73 Å². The highest BCUT2D eigenvalue weighted by Gasteiger charge is 2.36. The van der Waals surface area contributed by atoms with Crippen molar-refractivity contribution in [1.29, 1.82) is 0 Å². The normalized spacial score (nSPS) is 14.9. The van der Waals surface area contributed by atoms with Crippen LogP contribution < -0.4 is 20.7 Å². The van der Waals surface area contributed by atoms with Crippen LogP contribution >= 0.6 is 0 Å². The van der Waals surface area contributed by atoms with Crippen LogP contribution in [0, 0.1) is 0 Å². The summed E-state index contributed by atoms with van der Waals surface area (Å²) in [7, 11) is 1.23. The number of ether oxygens (including phenoxy) is 2. The number of methoxy groups -OCH3 is 1. The number of amides is 5. The van der Waals surface area contributed by atoms with E-state index in [0.717, 1.165) is 4.90 Å². The van der Waals surface area contributed by atoms with Gasteiger partial charge in [0.2, 0.25) is 0 Å². The van der Waals surface area contributed by atoms with Crippen LogP contribution in [0.5, 0.6) is 5.75 Å². The third-order valence-corrected chi connectivity index (χ3v) is 4.22. The molecule has 1 heterocycles. The number of esters is 1. The smallest absolute Gasteiger partial charge is 0.337 e. The molecule has 2 aromatic rings. The minimum Gasteiger partial charge on any atom is -0.484 e. The second-order valence-electron chi connectivity index (χ2n) is 6.32. The second-order valence-corrected chi connectivity index (χ2v) is 6.32. The molecular weight excluding hydrogens is 406 g/mol. The van der Waals surface area contributed by atoms with E-state index in [1.54, 1.807) is 12.1 Å². The van der Waals surface area contributed by atoms with Gasteiger partial charge >= 0.3 is 12.0 Å². The molecule has 0 radical (unpaired) electrons. The average molecular weight is 423 g/mol. The van der Waals surface area contributed by atoms with Gasteiger partial charge in [-0.2, -0.15) is 0 Å². The highest BCUT2D eigenvalue weighted by atomic mass is 16.5. The molecule has 0 unspecified atom stereocenters. The average Bonchev–Trinajstić information content (AvgIpc) is 2.75. The van der Waals surface area contributed by atoms with E-state index in [0.29, 0.717) is 11.3 Å². The topological polar surface area (TPSA) is 145 Å². The van der Waals surface area contributed by atoms with Gasteiger partial charge in [0.1, 0.15) is 11.3 Å². The van der Waals surface area contributed by atoms with Gasteiger partial charge < -0.3 is 15.2 Å². The lowest BCUT2D eigenvalue weighted by atomic mass is 10.1. The highest BCUT2D eigenvalue weighted by molar-refractivity contribution is 6.39. The summed E-state index contributed by atoms with van der Waals surface area (Å²) in [4.78, 5) is 60.5. The summed E-state index contributed by atoms with van der Waals surface area (Å²) in [6, 6.07) is 10.9. The number of carbonyl (C=O) groups is 5. The predicted octanol–water partition coefficient (Wildman–Crippen LogP) is 1.00. The lowest BCUT2D eigenvalue weighted by Crippen LogP contribution is -2.54. The van der Waals surface area contributed by atoms with Gasteiger partial charge in [-0.05, 0) is 48.0 Å². The van der Waals surface area contributed by atoms with Crippen LogP contribution in [-0.4, -0.2) is 43.4 Å². The van der Waals surface area contributed by atoms with E-state index in [-0.39, 0.29) is 23.4 Å². The lowest BCUT2D eigenvalue weighted by molar-refractivity contribution is -0.123. The molecule has 0 aliphatic carbocycles. The fourth-order valence-electron chi connectivity index (χ4n) is 2.74. The number of primary amides is 1. The number of barbiturate groups is 1. The second kappa shape index (κ2) is 8.91. The van der Waals surface area contributed by atoms with Crippen molar-refractivity contribution in [3.05, 3.63) is 65.2 Å². The van der Waals surface area contributed by atoms with E-state index >= 15 is 0 Å². The zero-order valence-electron chi connectivity index (χ0n) is 16.3. The molecular formula is C21H17N3O7. The fraction of sp³-hybridized carbons (Fsp3) is 0.0952. The van der Waals surface area contributed by atoms with Crippen molar-refractivity contribution >= 4 is 41.5 Å². The molecule has 10 heteroatoms. The van der Waals surface area contributed by atoms with Crippen LogP contribution in [-0.2, 0) is 19.1 Å². The molecule has 1 aliphatic rings. The first-order valence-electron chi connectivity index (χ1n) is 8.91. The first-order valence-corrected chi connectivity index (χ1v) is 8.91. The third-order valence-electron chi connectivity index (χ3n) is 4.22. The van der Waals surface area contributed by atoms with Crippen LogP contribution in [0.1, 0.15) is 15.9 Å². The molecule has 2 aromatic carbocycles. The van der Waals surface area contributed by atoms with Gasteiger partial charge in [-0.1, -0.05) is 12.1 Å². The standard InChI is InChI=1S/C21H17N3O7/c1-30-20(28)13-4-6-14(7-5-13)24-19(27)16(18(26)23-21(24)29)10-12-2-8-15(9-3-12)31-11-17(22)25/h2-10H,11H2,1H3,(H2,22,25)(H,23,26,29)/b16-10+. The van der Waals surface area contributed by atoms with Gasteiger partial charge in [-0.15, -0.1) is 0 Å². The molecule has 3 N–H and O–H groups in total. The Morgan fingerprint density at radius 2 is 1.68 bits per heavy atom. The van der Waals surface area contributed by atoms with Crippen molar-refractivity contribution in [2.45, 2.75) is 0 Å². The van der Waals surface area contributed by atoms with Crippen LogP contribution in [0.3, 0.4) is 0 Å². The Morgan fingerprint density at radius 1 is 1.03 bits per heavy atom. The number of hydrogen-bond acceptors (Lipinski definition) is 7. The molecule has 10 nitrogen and oxygen atoms in total. The Morgan fingerprint density at radius 3 is 2.26 bits per heavy atom. The van der Waals surface area contributed by atoms with E-state index in [9.17, 15) is 24.0 Å². The molecule has 0 atom stereocenters. The number of nitrogens with zero attached hydrogens (tertiary/aromatic N) is 1. The Bertz CT molecular complexity index is 1090. The number of nitrogens with two attached hydrogens (primary N) is 1. The van der Waals surface area contributed by atoms with E-state index < -0.39 is 29.7 Å². The molecule has 1 saturated heterocycles. The largest absolute Gasteiger partial charge is 0.484 e. The predicted molar refractivity (Wildman–Crippen MR) is 108 cm³/mol. The van der Waals surface area contributed by atoms with Crippen molar-refractivity contribution in [3.63, 3.8) is 0 Å². The molecule has 0 saturated carbocycles. The van der Waals surface area contributed by atoms with Crippen LogP contribution in [0.15, 0.2) is 54.1 Å². The number of benzene rings is 2. The van der Waals surface area contributed by atoms with Gasteiger partial charge in [0.05, 0.1) is 18.4 Å². The van der Waals surface area contributed by atoms with E-state index in [2.05, 4.69) is 10.1 Å². The van der Waals surface area contributed by atoms with Gasteiger partial charge in [-0.3, -0.25) is 19.7 Å². The van der Waals surface area contributed by atoms with Gasteiger partial charge in [-0.25, -0.2) is 14.5 Å². The summed E-state index contributed by atoms with van der Waals surface area (Å²) in [6.45, 7) is -0.285. The number of hydrogen-bond donors (Lipinski definition) is 2. The van der Waals surface area contributed by atoms with Crippen LogP contribution in [0.25, 0.3) is 6.08 Å². The lowest BCUT2D eigenvalue weighted by Gasteiger charge is -2.26. The Labute approximate surface area is 176 Å². The summed E-state index contributed by atoms with van der Waals surface area (Å²) in [5.74, 6) is -2.48. The van der Waals surface area contributed by atoms with Crippen molar-refractivity contribution < 1.29 is 33.4 Å². The Balaban J connectivity index is 1.85. The number of imide groups is 2. The third kappa shape index (κ3) is 4.75. The summed E-state index contributed by atoms with van der Waals surface area (Å²) in [5.41, 5.74) is 5.65. The van der Waals surface area contributed by atoms with E-state index in [1.165, 1.54) is 49.6 Å². The SMILES string of the molecule is COC(=O)c1ccc(N2C(=O)NC(=O)/C(=C\c3ccc(OCC(N)=O)cc3)C2=O)cc1. The minimum absolute atomic E-state index is 0.170. The zero-order valence-corrected chi connectivity index (χ0v) is 16.3. The van der Waals surface area contributed by atoms with Gasteiger partial charge in [0, 0.05) is 0 Å². The van der Waals surface area contributed by atoms with Crippen molar-refractivity contribution in [2.75, 3.05) is 18.6 Å². The summed E-state index contributed by atoms with van der Waals surface area (Å²) in [6.07, 6.45) is 1.32. The van der Waals surface area contributed by atoms with Crippen molar-refractivity contribution in [1.82, 2.24) is 5.32 Å². The molecule has 0 bridgehead atoms. The quantitative estimate of drug-likeness (QED) is 0.400. The van der Waals surface area contributed by atoms with Gasteiger partial charge in [0.15, 0.2) is 6.61 Å². The first-order chi connectivity index (χ1) is 14.8. The monoisotopic (exact) mass is 423 g/mol. The van der Waals surface area contributed by atoms with E-state index in [1.807, 2.05) is 0 Å². The molecule has 3 rings (SSSR count). The minimum atomic E-state index is -0.909. The fourth-order valence-corrected chi connectivity index (χ4v) is 2.74. The maximum Gasteiger partial charge on any atom is 0.337 e. The number of urea groups is 1. The molecule has 5 amide bonds. The maximum atomic E-state index is 12.9. The molecule has 0 aromatic heterocycles. The summed E-state index contributed by atoms with van der Waals surface area (Å²) < 4.78 is 9.76. The molecule has 1 fully saturated rings. The van der Waals surface area contributed by atoms with Crippen LogP contribution in [0.2, 0.25) is 0 Å². The highest BCUT2D eigenvalue weighted by Crippen LogP contribution is 2.23. The zero-order chi connectivity index (χ0) is 22.5. The van der Waals surface area contributed by atoms with E-state index in [4.69, 9.17) is 10.5 Å². The number of carbonyl (C=O) groups excluding carboxylic acids is 5. The van der Waals surface area contributed by atoms with Gasteiger partial charge in [0.25, 0.3) is 17.7 Å². The number of rotatable bonds is 6. The molecule has 158 valence electrons. The van der Waals surface area contributed by atoms with Crippen LogP contribution in [0.4, 0.5) is 10.5 Å².